The van der Waals surface area contributed by atoms with Crippen LogP contribution >= 0.6 is 11.8 Å². The summed E-state index contributed by atoms with van der Waals surface area (Å²) in [5, 5.41) is 22.7. The van der Waals surface area contributed by atoms with E-state index >= 15 is 0 Å². The predicted octanol–water partition coefficient (Wildman–Crippen LogP) is 3.33. The summed E-state index contributed by atoms with van der Waals surface area (Å²) in [5.74, 6) is 2.35. The first-order valence-electron chi connectivity index (χ1n) is 9.04. The van der Waals surface area contributed by atoms with E-state index in [4.69, 9.17) is 9.47 Å². The molecule has 1 atom stereocenters. The zero-order chi connectivity index (χ0) is 19.9. The summed E-state index contributed by atoms with van der Waals surface area (Å²) in [6.07, 6.45) is -0.647. The molecular formula is C20H24N4O3S. The number of tetrazole rings is 1. The van der Waals surface area contributed by atoms with Gasteiger partial charge in [-0.2, -0.15) is 4.68 Å². The summed E-state index contributed by atoms with van der Waals surface area (Å²) in [7, 11) is 1.62. The molecule has 0 amide bonds. The van der Waals surface area contributed by atoms with Gasteiger partial charge in [-0.15, -0.1) is 5.10 Å². The van der Waals surface area contributed by atoms with Crippen LogP contribution in [-0.2, 0) is 0 Å². The van der Waals surface area contributed by atoms with Crippen molar-refractivity contribution in [3.05, 3.63) is 54.1 Å². The SMILES string of the molecule is COc1ccc(-n2nnnc2SC[C@H](O)COc2ccccc2C(C)C)cc1. The first-order valence-corrected chi connectivity index (χ1v) is 10.0. The van der Waals surface area contributed by atoms with Gasteiger partial charge in [-0.3, -0.25) is 0 Å². The minimum atomic E-state index is -0.647. The molecule has 1 N–H and O–H groups in total. The molecule has 8 heteroatoms. The number of hydrogen-bond acceptors (Lipinski definition) is 7. The first-order chi connectivity index (χ1) is 13.6. The fourth-order valence-corrected chi connectivity index (χ4v) is 3.44. The highest BCUT2D eigenvalue weighted by Gasteiger charge is 2.14. The standard InChI is InChI=1S/C20H24N4O3S/c1-14(2)18-6-4-5-7-19(18)27-12-16(25)13-28-20-21-22-23-24(20)15-8-10-17(26-3)11-9-15/h4-11,14,16,25H,12-13H2,1-3H3/t16-/m1/s1. The number of aromatic nitrogens is 4. The molecule has 0 unspecified atom stereocenters. The van der Waals surface area contributed by atoms with Crippen molar-refractivity contribution in [2.24, 2.45) is 0 Å². The predicted molar refractivity (Wildman–Crippen MR) is 108 cm³/mol. The normalized spacial score (nSPS) is 12.2. The Bertz CT molecular complexity index is 883. The number of benzene rings is 2. The van der Waals surface area contributed by atoms with Gasteiger partial charge in [0.05, 0.1) is 18.9 Å². The van der Waals surface area contributed by atoms with Crippen molar-refractivity contribution in [3.63, 3.8) is 0 Å². The Morgan fingerprint density at radius 3 is 2.57 bits per heavy atom. The van der Waals surface area contributed by atoms with Crippen LogP contribution in [-0.4, -0.2) is 50.9 Å². The second kappa shape index (κ2) is 9.57. The van der Waals surface area contributed by atoms with Crippen LogP contribution in [0.25, 0.3) is 5.69 Å². The van der Waals surface area contributed by atoms with E-state index in [1.807, 2.05) is 48.5 Å². The van der Waals surface area contributed by atoms with Crippen molar-refractivity contribution < 1.29 is 14.6 Å². The number of thioether (sulfide) groups is 1. The van der Waals surface area contributed by atoms with Gasteiger partial charge in [-0.1, -0.05) is 43.8 Å². The zero-order valence-corrected chi connectivity index (χ0v) is 17.0. The molecule has 1 heterocycles. The number of aliphatic hydroxyl groups is 1. The molecule has 1 aromatic heterocycles. The maximum absolute atomic E-state index is 10.3. The van der Waals surface area contributed by atoms with Crippen molar-refractivity contribution in [1.29, 1.82) is 0 Å². The summed E-state index contributed by atoms with van der Waals surface area (Å²) in [5.41, 5.74) is 1.95. The molecule has 148 valence electrons. The lowest BCUT2D eigenvalue weighted by atomic mass is 10.0. The van der Waals surface area contributed by atoms with E-state index in [1.54, 1.807) is 11.8 Å². The molecule has 7 nitrogen and oxygen atoms in total. The Morgan fingerprint density at radius 2 is 1.86 bits per heavy atom. The number of rotatable bonds is 9. The van der Waals surface area contributed by atoms with Gasteiger partial charge in [0.2, 0.25) is 5.16 Å². The fourth-order valence-electron chi connectivity index (χ4n) is 2.65. The lowest BCUT2D eigenvalue weighted by molar-refractivity contribution is 0.125. The monoisotopic (exact) mass is 400 g/mol. The molecule has 0 bridgehead atoms. The van der Waals surface area contributed by atoms with Crippen molar-refractivity contribution >= 4 is 11.8 Å². The maximum atomic E-state index is 10.3. The van der Waals surface area contributed by atoms with Gasteiger partial charge in [0.1, 0.15) is 18.1 Å². The van der Waals surface area contributed by atoms with E-state index in [1.165, 1.54) is 11.8 Å². The van der Waals surface area contributed by atoms with Crippen molar-refractivity contribution in [1.82, 2.24) is 20.2 Å². The number of nitrogens with zero attached hydrogens (tertiary/aromatic N) is 4. The highest BCUT2D eigenvalue weighted by atomic mass is 32.2. The Morgan fingerprint density at radius 1 is 1.11 bits per heavy atom. The van der Waals surface area contributed by atoms with Crippen molar-refractivity contribution in [2.45, 2.75) is 31.0 Å². The number of ether oxygens (including phenoxy) is 2. The van der Waals surface area contributed by atoms with E-state index in [0.29, 0.717) is 16.8 Å². The summed E-state index contributed by atoms with van der Waals surface area (Å²) >= 11 is 1.38. The molecule has 0 saturated heterocycles. The zero-order valence-electron chi connectivity index (χ0n) is 16.1. The molecule has 0 aliphatic heterocycles. The smallest absolute Gasteiger partial charge is 0.214 e. The van der Waals surface area contributed by atoms with Crippen molar-refractivity contribution in [2.75, 3.05) is 19.5 Å². The molecule has 0 aliphatic carbocycles. The van der Waals surface area contributed by atoms with Crippen LogP contribution < -0.4 is 9.47 Å². The molecule has 0 saturated carbocycles. The minimum absolute atomic E-state index is 0.209. The molecule has 3 aromatic rings. The lowest BCUT2D eigenvalue weighted by Gasteiger charge is -2.16. The van der Waals surface area contributed by atoms with Gasteiger partial charge < -0.3 is 14.6 Å². The van der Waals surface area contributed by atoms with E-state index < -0.39 is 6.10 Å². The van der Waals surface area contributed by atoms with Crippen molar-refractivity contribution in [3.8, 4) is 17.2 Å². The molecule has 0 aliphatic rings. The van der Waals surface area contributed by atoms with Gasteiger partial charge in [0.25, 0.3) is 0 Å². The Kier molecular flexibility index (Phi) is 6.89. The number of para-hydroxylation sites is 1. The summed E-state index contributed by atoms with van der Waals surface area (Å²) in [6.45, 7) is 4.45. The fraction of sp³-hybridized carbons (Fsp3) is 0.350. The highest BCUT2D eigenvalue weighted by Crippen LogP contribution is 2.26. The molecule has 2 aromatic carbocycles. The summed E-state index contributed by atoms with van der Waals surface area (Å²) < 4.78 is 12.6. The van der Waals surface area contributed by atoms with E-state index in [2.05, 4.69) is 29.4 Å². The Balaban J connectivity index is 1.57. The van der Waals surface area contributed by atoms with E-state index in [-0.39, 0.29) is 6.61 Å². The average molecular weight is 401 g/mol. The molecule has 0 radical (unpaired) electrons. The third kappa shape index (κ3) is 5.02. The number of hydrogen-bond donors (Lipinski definition) is 1. The lowest BCUT2D eigenvalue weighted by Crippen LogP contribution is -2.21. The van der Waals surface area contributed by atoms with Crippen LogP contribution in [0.3, 0.4) is 0 Å². The van der Waals surface area contributed by atoms with Crippen LogP contribution in [0, 0.1) is 0 Å². The van der Waals surface area contributed by atoms with Crippen LogP contribution in [0.2, 0.25) is 0 Å². The number of methoxy groups -OCH3 is 1. The van der Waals surface area contributed by atoms with Crippen LogP contribution in [0.1, 0.15) is 25.3 Å². The number of aliphatic hydroxyl groups excluding tert-OH is 1. The van der Waals surface area contributed by atoms with Gasteiger partial charge in [-0.05, 0) is 52.2 Å². The van der Waals surface area contributed by atoms with Crippen LogP contribution in [0.5, 0.6) is 11.5 Å². The molecule has 3 rings (SSSR count). The Labute approximate surface area is 168 Å². The van der Waals surface area contributed by atoms with Gasteiger partial charge in [0, 0.05) is 5.75 Å². The Hall–Kier alpha value is -2.58. The molecule has 28 heavy (non-hydrogen) atoms. The van der Waals surface area contributed by atoms with E-state index in [0.717, 1.165) is 22.7 Å². The van der Waals surface area contributed by atoms with Gasteiger partial charge >= 0.3 is 0 Å². The van der Waals surface area contributed by atoms with Gasteiger partial charge in [-0.25, -0.2) is 0 Å². The van der Waals surface area contributed by atoms with Gasteiger partial charge in [0.15, 0.2) is 0 Å². The second-order valence-corrected chi connectivity index (χ2v) is 7.53. The topological polar surface area (TPSA) is 82.3 Å². The molecule has 0 fully saturated rings. The first kappa shape index (κ1) is 20.2. The van der Waals surface area contributed by atoms with Crippen LogP contribution in [0.15, 0.2) is 53.7 Å². The highest BCUT2D eigenvalue weighted by molar-refractivity contribution is 7.99. The van der Waals surface area contributed by atoms with Crippen LogP contribution in [0.4, 0.5) is 0 Å². The summed E-state index contributed by atoms with van der Waals surface area (Å²) in [4.78, 5) is 0. The third-order valence-corrected chi connectivity index (χ3v) is 5.20. The second-order valence-electron chi connectivity index (χ2n) is 6.54. The molecular weight excluding hydrogens is 376 g/mol. The largest absolute Gasteiger partial charge is 0.497 e. The molecule has 0 spiro atoms. The maximum Gasteiger partial charge on any atom is 0.214 e. The average Bonchev–Trinajstić information content (AvgIpc) is 3.19. The van der Waals surface area contributed by atoms with E-state index in [9.17, 15) is 5.11 Å². The minimum Gasteiger partial charge on any atom is -0.497 e. The quantitative estimate of drug-likeness (QED) is 0.552. The third-order valence-electron chi connectivity index (χ3n) is 4.13. The summed E-state index contributed by atoms with van der Waals surface area (Å²) in [6, 6.07) is 15.4.